The van der Waals surface area contributed by atoms with E-state index in [-0.39, 0.29) is 36.4 Å². The number of fused-ring (bicyclic) bond motifs is 5. The summed E-state index contributed by atoms with van der Waals surface area (Å²) in [6, 6.07) is 7.43. The summed E-state index contributed by atoms with van der Waals surface area (Å²) in [5.41, 5.74) is 3.81. The molecule has 51 heavy (non-hydrogen) atoms. The number of pyridine rings is 2. The molecule has 5 heterocycles. The van der Waals surface area contributed by atoms with Gasteiger partial charge in [0.05, 0.1) is 52.1 Å². The third-order valence-electron chi connectivity index (χ3n) is 8.66. The summed E-state index contributed by atoms with van der Waals surface area (Å²) >= 11 is 0. The van der Waals surface area contributed by atoms with E-state index in [0.717, 1.165) is 63.4 Å². The number of aliphatic imine (C=N–C) groups is 1. The Kier molecular flexibility index (Phi) is 10.8. The van der Waals surface area contributed by atoms with E-state index in [9.17, 15) is 24.0 Å². The first-order valence-corrected chi connectivity index (χ1v) is 17.3. The summed E-state index contributed by atoms with van der Waals surface area (Å²) in [5.74, 6) is -2.27. The molecule has 0 unspecified atom stereocenters. The van der Waals surface area contributed by atoms with Crippen molar-refractivity contribution in [1.82, 2.24) is 19.4 Å². The molecule has 2 aromatic heterocycles. The number of hydrogen-bond acceptors (Lipinski definition) is 11. The molecule has 1 atom stereocenters. The second-order valence-electron chi connectivity index (χ2n) is 13.5. The van der Waals surface area contributed by atoms with E-state index in [1.54, 1.807) is 31.4 Å². The summed E-state index contributed by atoms with van der Waals surface area (Å²) in [6.45, 7) is 11.2. The van der Waals surface area contributed by atoms with Crippen LogP contribution >= 0.6 is 0 Å². The second kappa shape index (κ2) is 14.9. The summed E-state index contributed by atoms with van der Waals surface area (Å²) in [7, 11) is 2.78. The zero-order chi connectivity index (χ0) is 37.2. The molecule has 0 saturated heterocycles. The number of unbranched alkanes of at least 4 members (excludes halogenated alkanes) is 2. The topological polar surface area (TPSA) is 153 Å². The number of nitrogens with zero attached hydrogens (tertiary/aromatic N) is 6. The van der Waals surface area contributed by atoms with E-state index >= 15 is 0 Å². The monoisotopic (exact) mass is 702 g/mol. The van der Waals surface area contributed by atoms with Gasteiger partial charge in [-0.3, -0.25) is 14.4 Å². The summed E-state index contributed by atoms with van der Waals surface area (Å²) in [5, 5.41) is 0.923. The van der Waals surface area contributed by atoms with Gasteiger partial charge in [-0.25, -0.2) is 19.6 Å². The molecular weight excluding hydrogens is 656 g/mol. The van der Waals surface area contributed by atoms with Gasteiger partial charge in [0, 0.05) is 31.8 Å². The Hall–Kier alpha value is -5.27. The van der Waals surface area contributed by atoms with Crippen molar-refractivity contribution in [3.63, 3.8) is 0 Å². The summed E-state index contributed by atoms with van der Waals surface area (Å²) < 4.78 is 17.8. The van der Waals surface area contributed by atoms with Gasteiger partial charge in [-0.2, -0.15) is 0 Å². The van der Waals surface area contributed by atoms with Gasteiger partial charge < -0.3 is 33.5 Å². The largest absolute Gasteiger partial charge is 0.458 e. The van der Waals surface area contributed by atoms with Crippen molar-refractivity contribution < 1.29 is 33.4 Å². The highest BCUT2D eigenvalue weighted by Crippen LogP contribution is 2.46. The van der Waals surface area contributed by atoms with Crippen LogP contribution in [0.1, 0.15) is 83.6 Å². The Morgan fingerprint density at radius 3 is 2.49 bits per heavy atom. The van der Waals surface area contributed by atoms with Crippen molar-refractivity contribution in [2.75, 3.05) is 38.6 Å². The molecule has 3 aliphatic heterocycles. The third-order valence-corrected chi connectivity index (χ3v) is 8.66. The van der Waals surface area contributed by atoms with Gasteiger partial charge in [0.15, 0.2) is 0 Å². The smallest absolute Gasteiger partial charge is 0.410 e. The fourth-order valence-corrected chi connectivity index (χ4v) is 6.23. The number of carbonyl (C=O) groups excluding carboxylic acids is 4. The van der Waals surface area contributed by atoms with Crippen LogP contribution in [0.3, 0.4) is 0 Å². The van der Waals surface area contributed by atoms with Crippen LogP contribution in [-0.4, -0.2) is 89.0 Å². The summed E-state index contributed by atoms with van der Waals surface area (Å²) in [4.78, 5) is 79.1. The van der Waals surface area contributed by atoms with Crippen LogP contribution in [0.4, 0.5) is 16.2 Å². The number of anilines is 1. The zero-order valence-electron chi connectivity index (χ0n) is 30.6. The Morgan fingerprint density at radius 1 is 1.04 bits per heavy atom. The molecule has 3 aliphatic rings. The lowest BCUT2D eigenvalue weighted by molar-refractivity contribution is -0.172. The predicted molar refractivity (Wildman–Crippen MR) is 192 cm³/mol. The van der Waals surface area contributed by atoms with Crippen LogP contribution in [0.2, 0.25) is 0 Å². The van der Waals surface area contributed by atoms with Gasteiger partial charge >= 0.3 is 18.0 Å². The molecule has 14 nitrogen and oxygen atoms in total. The molecule has 272 valence electrons. The van der Waals surface area contributed by atoms with Gasteiger partial charge in [-0.15, -0.1) is 0 Å². The molecule has 3 aromatic rings. The minimum Gasteiger partial charge on any atom is -0.458 e. The first kappa shape index (κ1) is 37.0. The van der Waals surface area contributed by atoms with Crippen LogP contribution in [0.15, 0.2) is 34.1 Å². The quantitative estimate of drug-likeness (QED) is 0.131. The van der Waals surface area contributed by atoms with Crippen LogP contribution < -0.4 is 10.5 Å². The number of likely N-dealkylation sites (N-methyl/N-ethyl adjacent to an activating group) is 2. The van der Waals surface area contributed by atoms with E-state index in [0.29, 0.717) is 11.4 Å². The lowest BCUT2D eigenvalue weighted by atomic mass is 9.99. The molecule has 0 fully saturated rings. The van der Waals surface area contributed by atoms with Crippen LogP contribution in [0.5, 0.6) is 0 Å². The standard InChI is InChI=1S/C35H40N6O8.C2H6/c1-7-8-9-13-40-19-36-23-11-10-12-24-28(23)30(40)21-15-41-25(29(21)37-24)14-20-22(32(41)44)18-47-33(45)31(20)48-27(43)17-38(5)26(42)16-39(6)34(46)49-35(2,3)4;1-2/h10-12,14,19,31H,7-9,13,15-18H2,1-6H3;1-2H3/t31-;/m0./s1. The number of esters is 2. The van der Waals surface area contributed by atoms with Crippen molar-refractivity contribution in [3.8, 4) is 11.4 Å². The highest BCUT2D eigenvalue weighted by atomic mass is 16.6. The number of hydrogen-bond donors (Lipinski definition) is 0. The minimum absolute atomic E-state index is 0.206. The lowest BCUT2D eigenvalue weighted by Gasteiger charge is -2.27. The molecule has 0 spiro atoms. The van der Waals surface area contributed by atoms with Crippen molar-refractivity contribution >= 4 is 52.6 Å². The maximum absolute atomic E-state index is 14.0. The van der Waals surface area contributed by atoms with Gasteiger partial charge in [-0.1, -0.05) is 39.7 Å². The summed E-state index contributed by atoms with van der Waals surface area (Å²) in [6.07, 6.45) is 2.73. The van der Waals surface area contributed by atoms with Crippen LogP contribution in [0.25, 0.3) is 22.3 Å². The van der Waals surface area contributed by atoms with E-state index in [2.05, 4.69) is 16.8 Å². The number of carbonyl (C=O) groups is 4. The van der Waals surface area contributed by atoms with Crippen LogP contribution in [0, 0.1) is 0 Å². The molecule has 2 amide bonds. The Morgan fingerprint density at radius 2 is 1.78 bits per heavy atom. The highest BCUT2D eigenvalue weighted by Gasteiger charge is 2.39. The highest BCUT2D eigenvalue weighted by molar-refractivity contribution is 6.11. The first-order chi connectivity index (χ1) is 24.3. The molecule has 6 rings (SSSR count). The lowest BCUT2D eigenvalue weighted by Crippen LogP contribution is -2.43. The number of rotatable bonds is 9. The molecule has 14 heteroatoms. The van der Waals surface area contributed by atoms with E-state index in [1.807, 2.05) is 38.4 Å². The number of benzene rings is 1. The number of amides is 2. The van der Waals surface area contributed by atoms with Gasteiger partial charge in [-0.05, 0) is 45.4 Å². The Bertz CT molecular complexity index is 1960. The average molecular weight is 703 g/mol. The molecule has 1 aromatic carbocycles. The molecular formula is C37H46N6O8. The Labute approximate surface area is 297 Å². The maximum Gasteiger partial charge on any atom is 0.410 e. The SMILES string of the molecule is CC.CCCCCN1C=Nc2cccc3nc4c(c1c23)Cn1c-4cc2c(c1=O)COC(=O)[C@H]2OC(=O)CN(C)C(=O)CN(C)C(=O)OC(C)(C)C. The molecule has 0 bridgehead atoms. The van der Waals surface area contributed by atoms with E-state index < -0.39 is 42.2 Å². The maximum atomic E-state index is 14.0. The fraction of sp³-hybridized carbons (Fsp3) is 0.486. The Balaban J connectivity index is 0.00000248. The molecule has 0 aliphatic carbocycles. The zero-order valence-corrected chi connectivity index (χ0v) is 30.6. The number of cyclic esters (lactones) is 1. The molecule has 0 saturated carbocycles. The number of ether oxygens (including phenoxy) is 3. The van der Waals surface area contributed by atoms with Crippen molar-refractivity contribution in [2.45, 2.75) is 85.7 Å². The van der Waals surface area contributed by atoms with Crippen molar-refractivity contribution in [3.05, 3.63) is 51.3 Å². The third kappa shape index (κ3) is 7.45. The number of aromatic nitrogens is 2. The van der Waals surface area contributed by atoms with Crippen molar-refractivity contribution in [2.24, 2.45) is 4.99 Å². The molecule has 0 N–H and O–H groups in total. The minimum atomic E-state index is -1.52. The average Bonchev–Trinajstić information content (AvgIpc) is 3.45. The van der Waals surface area contributed by atoms with Crippen molar-refractivity contribution in [1.29, 1.82) is 0 Å². The van der Waals surface area contributed by atoms with E-state index in [1.165, 1.54) is 14.1 Å². The first-order valence-electron chi connectivity index (χ1n) is 17.3. The van der Waals surface area contributed by atoms with Gasteiger partial charge in [0.2, 0.25) is 12.0 Å². The second-order valence-corrected chi connectivity index (χ2v) is 13.5. The predicted octanol–water partition coefficient (Wildman–Crippen LogP) is 5.09. The normalized spacial score (nSPS) is 15.2. The van der Waals surface area contributed by atoms with E-state index in [4.69, 9.17) is 19.2 Å². The fourth-order valence-electron chi connectivity index (χ4n) is 6.23. The van der Waals surface area contributed by atoms with Gasteiger partial charge in [0.25, 0.3) is 5.56 Å². The van der Waals surface area contributed by atoms with Crippen LogP contribution in [-0.2, 0) is 41.7 Å². The van der Waals surface area contributed by atoms with Gasteiger partial charge in [0.1, 0.15) is 25.3 Å². The molecule has 0 radical (unpaired) electrons.